The molecule has 0 radical (unpaired) electrons. The van der Waals surface area contributed by atoms with Gasteiger partial charge in [0.25, 0.3) is 5.69 Å². The summed E-state index contributed by atoms with van der Waals surface area (Å²) in [6.07, 6.45) is 0.616. The molecule has 7 heteroatoms. The zero-order valence-corrected chi connectivity index (χ0v) is 11.5. The third-order valence-electron chi connectivity index (χ3n) is 2.60. The Morgan fingerprint density at radius 1 is 1.56 bits per heavy atom. The number of hydrogen-bond donors (Lipinski definition) is 1. The average Bonchev–Trinajstić information content (AvgIpc) is 2.31. The van der Waals surface area contributed by atoms with Crippen LogP contribution < -0.4 is 5.73 Å². The first kappa shape index (κ1) is 15.1. The fraction of sp³-hybridized carbons (Fsp3) is 0.455. The second-order valence-corrected chi connectivity index (χ2v) is 6.17. The molecule has 0 bridgehead atoms. The molecule has 2 unspecified atom stereocenters. The lowest BCUT2D eigenvalue weighted by Crippen LogP contribution is -2.17. The van der Waals surface area contributed by atoms with Crippen molar-refractivity contribution in [2.24, 2.45) is 5.73 Å². The summed E-state index contributed by atoms with van der Waals surface area (Å²) in [4.78, 5) is 10.4. The highest BCUT2D eigenvalue weighted by atomic mass is 35.5. The Morgan fingerprint density at radius 2 is 2.22 bits per heavy atom. The molecule has 18 heavy (non-hydrogen) atoms. The molecule has 1 aromatic carbocycles. The van der Waals surface area contributed by atoms with Gasteiger partial charge >= 0.3 is 0 Å². The summed E-state index contributed by atoms with van der Waals surface area (Å²) in [7, 11) is -1.22. The molecule has 100 valence electrons. The van der Waals surface area contributed by atoms with E-state index in [-0.39, 0.29) is 21.7 Å². The van der Waals surface area contributed by atoms with Gasteiger partial charge in [-0.25, -0.2) is 0 Å². The third kappa shape index (κ3) is 3.76. The van der Waals surface area contributed by atoms with Crippen LogP contribution in [0.25, 0.3) is 0 Å². The van der Waals surface area contributed by atoms with Gasteiger partial charge in [-0.05, 0) is 19.0 Å². The van der Waals surface area contributed by atoms with Crippen molar-refractivity contribution in [2.45, 2.75) is 24.3 Å². The Hall–Kier alpha value is -0.980. The molecule has 0 aliphatic heterocycles. The molecule has 0 aromatic heterocycles. The van der Waals surface area contributed by atoms with Crippen LogP contribution in [0.2, 0.25) is 5.02 Å². The summed E-state index contributed by atoms with van der Waals surface area (Å²) >= 11 is 5.94. The van der Waals surface area contributed by atoms with E-state index in [9.17, 15) is 14.3 Å². The van der Waals surface area contributed by atoms with Crippen molar-refractivity contribution in [3.8, 4) is 0 Å². The van der Waals surface area contributed by atoms with Crippen LogP contribution >= 0.6 is 11.6 Å². The molecule has 2 atom stereocenters. The Labute approximate surface area is 113 Å². The molecule has 0 heterocycles. The summed E-state index contributed by atoms with van der Waals surface area (Å²) in [5.74, 6) is 0.0805. The number of halogens is 1. The standard InChI is InChI=1S/C11H15ClN2O3S/c1-8(5-6-13)18(17)7-9-10(12)3-2-4-11(9)14(15)16/h2-4,8H,5-7,13H2,1H3. The van der Waals surface area contributed by atoms with Crippen molar-refractivity contribution < 1.29 is 9.13 Å². The molecule has 0 fully saturated rings. The van der Waals surface area contributed by atoms with Gasteiger partial charge in [0.15, 0.2) is 0 Å². The number of hydrogen-bond acceptors (Lipinski definition) is 4. The summed E-state index contributed by atoms with van der Waals surface area (Å²) < 4.78 is 12.0. The highest BCUT2D eigenvalue weighted by Crippen LogP contribution is 2.28. The second kappa shape index (κ2) is 6.82. The van der Waals surface area contributed by atoms with Gasteiger partial charge in [0.05, 0.1) is 21.3 Å². The Bertz CT molecular complexity index is 468. The Kier molecular flexibility index (Phi) is 5.71. The molecule has 2 N–H and O–H groups in total. The minimum Gasteiger partial charge on any atom is -0.330 e. The predicted octanol–water partition coefficient (Wildman–Crippen LogP) is 2.23. The van der Waals surface area contributed by atoms with Gasteiger partial charge in [0.1, 0.15) is 0 Å². The molecule has 0 saturated heterocycles. The van der Waals surface area contributed by atoms with Crippen LogP contribution in [0.1, 0.15) is 18.9 Å². The first-order valence-corrected chi connectivity index (χ1v) is 7.22. The fourth-order valence-corrected chi connectivity index (χ4v) is 3.10. The Morgan fingerprint density at radius 3 is 2.78 bits per heavy atom. The van der Waals surface area contributed by atoms with Gasteiger partial charge < -0.3 is 5.73 Å². The molecule has 5 nitrogen and oxygen atoms in total. The molecule has 0 aliphatic rings. The Balaban J connectivity index is 2.96. The largest absolute Gasteiger partial charge is 0.330 e. The molecule has 1 rings (SSSR count). The maximum Gasteiger partial charge on any atom is 0.275 e. The van der Waals surface area contributed by atoms with E-state index >= 15 is 0 Å². The second-order valence-electron chi connectivity index (χ2n) is 3.91. The molecular weight excluding hydrogens is 276 g/mol. The first-order chi connectivity index (χ1) is 8.47. The highest BCUT2D eigenvalue weighted by Gasteiger charge is 2.20. The highest BCUT2D eigenvalue weighted by molar-refractivity contribution is 7.84. The van der Waals surface area contributed by atoms with Gasteiger partial charge in [-0.3, -0.25) is 14.3 Å². The van der Waals surface area contributed by atoms with Crippen molar-refractivity contribution in [1.82, 2.24) is 0 Å². The lowest BCUT2D eigenvalue weighted by atomic mass is 10.2. The van der Waals surface area contributed by atoms with Crippen LogP contribution in [-0.4, -0.2) is 20.9 Å². The monoisotopic (exact) mass is 290 g/mol. The summed E-state index contributed by atoms with van der Waals surface area (Å²) in [5.41, 5.74) is 5.64. The summed E-state index contributed by atoms with van der Waals surface area (Å²) in [6.45, 7) is 2.25. The normalized spacial score (nSPS) is 14.2. The lowest BCUT2D eigenvalue weighted by Gasteiger charge is -2.11. The van der Waals surface area contributed by atoms with Crippen LogP contribution in [0.3, 0.4) is 0 Å². The molecule has 0 amide bonds. The van der Waals surface area contributed by atoms with E-state index in [4.69, 9.17) is 17.3 Å². The maximum absolute atomic E-state index is 12.0. The van der Waals surface area contributed by atoms with E-state index in [1.54, 1.807) is 6.07 Å². The summed E-state index contributed by atoms with van der Waals surface area (Å²) in [5, 5.41) is 11.0. The third-order valence-corrected chi connectivity index (χ3v) is 4.66. The average molecular weight is 291 g/mol. The number of benzene rings is 1. The van der Waals surface area contributed by atoms with Gasteiger partial charge in [-0.2, -0.15) is 0 Å². The van der Waals surface area contributed by atoms with Crippen molar-refractivity contribution >= 4 is 28.1 Å². The molecular formula is C11H15ClN2O3S. The van der Waals surface area contributed by atoms with Crippen LogP contribution in [0, 0.1) is 10.1 Å². The van der Waals surface area contributed by atoms with Crippen LogP contribution in [0.4, 0.5) is 5.69 Å². The number of rotatable bonds is 6. The molecule has 1 aromatic rings. The van der Waals surface area contributed by atoms with E-state index in [1.807, 2.05) is 6.92 Å². The molecule has 0 saturated carbocycles. The lowest BCUT2D eigenvalue weighted by molar-refractivity contribution is -0.385. The summed E-state index contributed by atoms with van der Waals surface area (Å²) in [6, 6.07) is 4.44. The van der Waals surface area contributed by atoms with Gasteiger partial charge in [0, 0.05) is 22.1 Å². The smallest absolute Gasteiger partial charge is 0.275 e. The maximum atomic E-state index is 12.0. The predicted molar refractivity (Wildman–Crippen MR) is 73.1 cm³/mol. The first-order valence-electron chi connectivity index (χ1n) is 5.46. The van der Waals surface area contributed by atoms with Gasteiger partial charge in [-0.15, -0.1) is 0 Å². The number of nitrogens with two attached hydrogens (primary N) is 1. The zero-order chi connectivity index (χ0) is 13.7. The zero-order valence-electron chi connectivity index (χ0n) is 9.97. The molecule has 0 spiro atoms. The van der Waals surface area contributed by atoms with E-state index in [1.165, 1.54) is 12.1 Å². The van der Waals surface area contributed by atoms with E-state index in [2.05, 4.69) is 0 Å². The number of nitro groups is 1. The van der Waals surface area contributed by atoms with Crippen LogP contribution in [0.15, 0.2) is 18.2 Å². The quantitative estimate of drug-likeness (QED) is 0.643. The number of nitro benzene ring substituents is 1. The van der Waals surface area contributed by atoms with Crippen molar-refractivity contribution in [1.29, 1.82) is 0 Å². The van der Waals surface area contributed by atoms with Crippen LogP contribution in [0.5, 0.6) is 0 Å². The topological polar surface area (TPSA) is 86.2 Å². The minimum absolute atomic E-state index is 0.0805. The van der Waals surface area contributed by atoms with Crippen molar-refractivity contribution in [3.63, 3.8) is 0 Å². The van der Waals surface area contributed by atoms with Crippen molar-refractivity contribution in [2.75, 3.05) is 6.54 Å². The number of nitrogens with zero attached hydrogens (tertiary/aromatic N) is 1. The molecule has 0 aliphatic carbocycles. The van der Waals surface area contributed by atoms with Crippen molar-refractivity contribution in [3.05, 3.63) is 38.9 Å². The SMILES string of the molecule is CC(CCN)S(=O)Cc1c(Cl)cccc1[N+](=O)[O-]. The fourth-order valence-electron chi connectivity index (χ4n) is 1.51. The van der Waals surface area contributed by atoms with Crippen LogP contribution in [-0.2, 0) is 16.6 Å². The van der Waals surface area contributed by atoms with Gasteiger partial charge in [0.2, 0.25) is 0 Å². The minimum atomic E-state index is -1.22. The van der Waals surface area contributed by atoms with E-state index < -0.39 is 15.7 Å². The van der Waals surface area contributed by atoms with E-state index in [0.29, 0.717) is 18.5 Å². The van der Waals surface area contributed by atoms with Gasteiger partial charge in [-0.1, -0.05) is 24.6 Å². The van der Waals surface area contributed by atoms with E-state index in [0.717, 1.165) is 0 Å².